The SMILES string of the molecule is CC(=O)NCCN(C(C)C(=O)O)S(=O)(=O)c1ccco1. The van der Waals surface area contributed by atoms with Crippen molar-refractivity contribution in [2.45, 2.75) is 25.0 Å². The second-order valence-corrected chi connectivity index (χ2v) is 5.87. The minimum atomic E-state index is -4.07. The van der Waals surface area contributed by atoms with Gasteiger partial charge in [-0.25, -0.2) is 8.42 Å². The molecule has 1 rings (SSSR count). The van der Waals surface area contributed by atoms with Crippen molar-refractivity contribution in [1.82, 2.24) is 9.62 Å². The number of carboxylic acid groups (broad SMARTS) is 1. The molecule has 0 aliphatic heterocycles. The molecule has 1 aromatic heterocycles. The van der Waals surface area contributed by atoms with Crippen LogP contribution in [0.5, 0.6) is 0 Å². The highest BCUT2D eigenvalue weighted by molar-refractivity contribution is 7.89. The Kier molecular flexibility index (Phi) is 5.28. The Morgan fingerprint density at radius 2 is 2.15 bits per heavy atom. The van der Waals surface area contributed by atoms with Crippen LogP contribution < -0.4 is 5.32 Å². The van der Waals surface area contributed by atoms with Crippen LogP contribution in [0, 0.1) is 0 Å². The summed E-state index contributed by atoms with van der Waals surface area (Å²) >= 11 is 0. The van der Waals surface area contributed by atoms with E-state index >= 15 is 0 Å². The lowest BCUT2D eigenvalue weighted by Gasteiger charge is -2.24. The maximum atomic E-state index is 12.3. The molecule has 1 amide bonds. The summed E-state index contributed by atoms with van der Waals surface area (Å²) in [6.45, 7) is 2.37. The van der Waals surface area contributed by atoms with Gasteiger partial charge in [-0.15, -0.1) is 0 Å². The molecular weight excluding hydrogens is 288 g/mol. The van der Waals surface area contributed by atoms with Gasteiger partial charge in [-0.05, 0) is 19.1 Å². The molecule has 0 saturated carbocycles. The zero-order valence-electron chi connectivity index (χ0n) is 11.1. The summed E-state index contributed by atoms with van der Waals surface area (Å²) in [5.41, 5.74) is 0. The summed E-state index contributed by atoms with van der Waals surface area (Å²) in [7, 11) is -4.07. The average Bonchev–Trinajstić information content (AvgIpc) is 2.87. The number of nitrogens with one attached hydrogen (secondary N) is 1. The first kappa shape index (κ1) is 16.2. The Bertz CT molecular complexity index is 566. The molecule has 1 aromatic rings. The van der Waals surface area contributed by atoms with Gasteiger partial charge in [0.05, 0.1) is 6.26 Å². The van der Waals surface area contributed by atoms with Gasteiger partial charge < -0.3 is 14.8 Å². The Hall–Kier alpha value is -1.87. The van der Waals surface area contributed by atoms with Crippen LogP contribution in [0.2, 0.25) is 0 Å². The zero-order valence-corrected chi connectivity index (χ0v) is 11.9. The van der Waals surface area contributed by atoms with Gasteiger partial charge >= 0.3 is 5.97 Å². The molecule has 2 N–H and O–H groups in total. The number of hydrogen-bond acceptors (Lipinski definition) is 5. The van der Waals surface area contributed by atoms with Gasteiger partial charge in [0.25, 0.3) is 10.0 Å². The van der Waals surface area contributed by atoms with Gasteiger partial charge in [-0.2, -0.15) is 4.31 Å². The van der Waals surface area contributed by atoms with Crippen molar-refractivity contribution < 1.29 is 27.5 Å². The van der Waals surface area contributed by atoms with Crippen LogP contribution in [0.3, 0.4) is 0 Å². The van der Waals surface area contributed by atoms with E-state index in [1.807, 2.05) is 0 Å². The van der Waals surface area contributed by atoms with Crippen LogP contribution in [0.25, 0.3) is 0 Å². The molecule has 0 radical (unpaired) electrons. The van der Waals surface area contributed by atoms with Gasteiger partial charge in [0, 0.05) is 20.0 Å². The van der Waals surface area contributed by atoms with Gasteiger partial charge in [0.1, 0.15) is 6.04 Å². The third kappa shape index (κ3) is 3.81. The van der Waals surface area contributed by atoms with E-state index < -0.39 is 22.0 Å². The van der Waals surface area contributed by atoms with E-state index in [2.05, 4.69) is 5.32 Å². The number of furan rings is 1. The van der Waals surface area contributed by atoms with Gasteiger partial charge in [0.2, 0.25) is 11.0 Å². The standard InChI is InChI=1S/C11H16N2O6S/c1-8(11(15)16)13(6-5-12-9(2)14)20(17,18)10-4-3-7-19-10/h3-4,7-8H,5-6H2,1-2H3,(H,12,14)(H,15,16). The summed E-state index contributed by atoms with van der Waals surface area (Å²) < 4.78 is 30.1. The molecule has 0 aromatic carbocycles. The molecule has 112 valence electrons. The number of rotatable bonds is 7. The number of nitrogens with zero attached hydrogens (tertiary/aromatic N) is 1. The fraction of sp³-hybridized carbons (Fsp3) is 0.455. The molecule has 9 heteroatoms. The first-order chi connectivity index (χ1) is 9.26. The summed E-state index contributed by atoms with van der Waals surface area (Å²) in [5.74, 6) is -1.62. The fourth-order valence-electron chi connectivity index (χ4n) is 1.51. The van der Waals surface area contributed by atoms with E-state index in [1.54, 1.807) is 0 Å². The molecule has 20 heavy (non-hydrogen) atoms. The molecule has 0 bridgehead atoms. The molecule has 8 nitrogen and oxygen atoms in total. The Morgan fingerprint density at radius 1 is 1.50 bits per heavy atom. The smallest absolute Gasteiger partial charge is 0.321 e. The topological polar surface area (TPSA) is 117 Å². The molecule has 0 saturated heterocycles. The van der Waals surface area contributed by atoms with Gasteiger partial charge in [0.15, 0.2) is 0 Å². The second kappa shape index (κ2) is 6.53. The minimum Gasteiger partial charge on any atom is -0.480 e. The molecule has 0 aliphatic rings. The number of aliphatic carboxylic acids is 1. The lowest BCUT2D eigenvalue weighted by molar-refractivity contribution is -0.140. The minimum absolute atomic E-state index is 0.00684. The lowest BCUT2D eigenvalue weighted by atomic mass is 10.3. The summed E-state index contributed by atoms with van der Waals surface area (Å²) in [4.78, 5) is 21.8. The number of sulfonamides is 1. The number of carbonyl (C=O) groups excluding carboxylic acids is 1. The van der Waals surface area contributed by atoms with E-state index in [-0.39, 0.29) is 24.1 Å². The number of amides is 1. The van der Waals surface area contributed by atoms with Crippen LogP contribution in [-0.2, 0) is 19.6 Å². The van der Waals surface area contributed by atoms with Crippen molar-refractivity contribution in [3.05, 3.63) is 18.4 Å². The number of carboxylic acids is 1. The Morgan fingerprint density at radius 3 is 2.60 bits per heavy atom. The van der Waals surface area contributed by atoms with Crippen LogP contribution in [0.4, 0.5) is 0 Å². The number of hydrogen-bond donors (Lipinski definition) is 2. The van der Waals surface area contributed by atoms with Crippen LogP contribution in [0.15, 0.2) is 27.9 Å². The van der Waals surface area contributed by atoms with Crippen LogP contribution >= 0.6 is 0 Å². The first-order valence-corrected chi connectivity index (χ1v) is 7.23. The van der Waals surface area contributed by atoms with E-state index in [0.29, 0.717) is 0 Å². The van der Waals surface area contributed by atoms with Crippen molar-refractivity contribution >= 4 is 21.9 Å². The highest BCUT2D eigenvalue weighted by Crippen LogP contribution is 2.18. The highest BCUT2D eigenvalue weighted by Gasteiger charge is 2.34. The van der Waals surface area contributed by atoms with Gasteiger partial charge in [-0.3, -0.25) is 9.59 Å². The van der Waals surface area contributed by atoms with Crippen molar-refractivity contribution in [3.8, 4) is 0 Å². The van der Waals surface area contributed by atoms with Gasteiger partial charge in [-0.1, -0.05) is 0 Å². The normalized spacial score (nSPS) is 13.2. The quantitative estimate of drug-likeness (QED) is 0.725. The zero-order chi connectivity index (χ0) is 15.3. The van der Waals surface area contributed by atoms with E-state index in [4.69, 9.17) is 9.52 Å². The van der Waals surface area contributed by atoms with Crippen molar-refractivity contribution in [2.75, 3.05) is 13.1 Å². The summed E-state index contributed by atoms with van der Waals surface area (Å²) in [5, 5.41) is 11.1. The predicted molar refractivity (Wildman–Crippen MR) is 68.4 cm³/mol. The lowest BCUT2D eigenvalue weighted by Crippen LogP contribution is -2.46. The van der Waals surface area contributed by atoms with Crippen molar-refractivity contribution in [3.63, 3.8) is 0 Å². The number of carbonyl (C=O) groups is 2. The largest absolute Gasteiger partial charge is 0.480 e. The van der Waals surface area contributed by atoms with E-state index in [1.165, 1.54) is 32.2 Å². The van der Waals surface area contributed by atoms with Crippen molar-refractivity contribution in [2.24, 2.45) is 0 Å². The molecular formula is C11H16N2O6S. The molecule has 0 aliphatic carbocycles. The molecule has 1 unspecified atom stereocenters. The van der Waals surface area contributed by atoms with Crippen molar-refractivity contribution in [1.29, 1.82) is 0 Å². The maximum Gasteiger partial charge on any atom is 0.321 e. The monoisotopic (exact) mass is 304 g/mol. The third-order valence-corrected chi connectivity index (χ3v) is 4.41. The molecule has 1 atom stereocenters. The highest BCUT2D eigenvalue weighted by atomic mass is 32.2. The molecule has 0 fully saturated rings. The van der Waals surface area contributed by atoms with E-state index in [0.717, 1.165) is 4.31 Å². The van der Waals surface area contributed by atoms with Crippen LogP contribution in [-0.4, -0.2) is 48.8 Å². The second-order valence-electron chi connectivity index (χ2n) is 4.05. The Balaban J connectivity index is 2.98. The molecule has 0 spiro atoms. The first-order valence-electron chi connectivity index (χ1n) is 5.79. The van der Waals surface area contributed by atoms with E-state index in [9.17, 15) is 18.0 Å². The fourth-order valence-corrected chi connectivity index (χ4v) is 3.01. The molecule has 1 heterocycles. The third-order valence-electron chi connectivity index (χ3n) is 2.55. The summed E-state index contributed by atoms with van der Waals surface area (Å²) in [6, 6.07) is 1.35. The predicted octanol–water partition coefficient (Wildman–Crippen LogP) is -0.120. The maximum absolute atomic E-state index is 12.3. The average molecular weight is 304 g/mol. The summed E-state index contributed by atoms with van der Waals surface area (Å²) in [6.07, 6.45) is 1.18. The Labute approximate surface area is 116 Å². The van der Waals surface area contributed by atoms with Crippen LogP contribution in [0.1, 0.15) is 13.8 Å².